The Kier molecular flexibility index (Phi) is 11.6. The van der Waals surface area contributed by atoms with Crippen molar-refractivity contribution in [3.8, 4) is 0 Å². The summed E-state index contributed by atoms with van der Waals surface area (Å²) in [5.41, 5.74) is 0.698. The highest BCUT2D eigenvalue weighted by Crippen LogP contribution is 2.59. The third-order valence-electron chi connectivity index (χ3n) is 10.4. The van der Waals surface area contributed by atoms with Crippen molar-refractivity contribution in [1.82, 2.24) is 10.2 Å². The minimum absolute atomic E-state index is 0.0991. The van der Waals surface area contributed by atoms with Gasteiger partial charge in [0.05, 0.1) is 47.3 Å². The third kappa shape index (κ3) is 7.15. The Morgan fingerprint density at radius 3 is 2.40 bits per heavy atom. The van der Waals surface area contributed by atoms with E-state index in [0.29, 0.717) is 30.0 Å². The fraction of sp³-hybridized carbons (Fsp3) is 0.366. The predicted octanol–water partition coefficient (Wildman–Crippen LogP) is 5.20. The molecule has 0 radical (unpaired) electrons. The van der Waals surface area contributed by atoms with Crippen molar-refractivity contribution in [2.45, 2.75) is 61.9 Å². The van der Waals surface area contributed by atoms with Gasteiger partial charge in [0, 0.05) is 13.0 Å². The highest BCUT2D eigenvalue weighted by Gasteiger charge is 2.75. The van der Waals surface area contributed by atoms with E-state index < -0.39 is 72.0 Å². The van der Waals surface area contributed by atoms with Gasteiger partial charge in [-0.1, -0.05) is 96.5 Å². The van der Waals surface area contributed by atoms with Crippen LogP contribution in [-0.2, 0) is 35.1 Å². The molecule has 3 aliphatic heterocycles. The van der Waals surface area contributed by atoms with Gasteiger partial charge >= 0.3 is 5.97 Å². The molecule has 0 unspecified atom stereocenters. The van der Waals surface area contributed by atoms with Crippen LogP contribution >= 0.6 is 11.6 Å². The highest BCUT2D eigenvalue weighted by molar-refractivity contribution is 6.34. The van der Waals surface area contributed by atoms with Crippen LogP contribution in [0.15, 0.2) is 110 Å². The number of esters is 1. The predicted molar refractivity (Wildman–Crippen MR) is 197 cm³/mol. The molecular weight excluding hydrogens is 682 g/mol. The topological polar surface area (TPSA) is 125 Å². The van der Waals surface area contributed by atoms with Crippen LogP contribution in [0.1, 0.15) is 42.9 Å². The molecular formula is C41H44ClN3O7. The summed E-state index contributed by atoms with van der Waals surface area (Å²) in [6.45, 7) is 7.08. The number of halogens is 1. The molecule has 2 N–H and O–H groups in total. The van der Waals surface area contributed by atoms with Crippen LogP contribution in [0.3, 0.4) is 0 Å². The van der Waals surface area contributed by atoms with Crippen LogP contribution in [0.4, 0.5) is 5.69 Å². The summed E-state index contributed by atoms with van der Waals surface area (Å²) in [7, 11) is 0. The van der Waals surface area contributed by atoms with Crippen molar-refractivity contribution in [3.05, 3.63) is 126 Å². The molecule has 272 valence electrons. The maximum Gasteiger partial charge on any atom is 0.306 e. The fourth-order valence-electron chi connectivity index (χ4n) is 8.10. The molecule has 3 heterocycles. The number of aliphatic hydroxyl groups is 1. The number of hydrogen-bond acceptors (Lipinski definition) is 7. The van der Waals surface area contributed by atoms with E-state index in [-0.39, 0.29) is 26.0 Å². The molecule has 52 heavy (non-hydrogen) atoms. The molecule has 10 nitrogen and oxygen atoms in total. The second-order valence-corrected chi connectivity index (χ2v) is 13.9. The van der Waals surface area contributed by atoms with Crippen molar-refractivity contribution in [2.75, 3.05) is 24.7 Å². The maximum atomic E-state index is 15.0. The number of para-hydroxylation sites is 1. The fourth-order valence-corrected chi connectivity index (χ4v) is 8.34. The molecule has 3 aromatic carbocycles. The molecule has 3 saturated heterocycles. The van der Waals surface area contributed by atoms with Crippen molar-refractivity contribution >= 4 is 41.0 Å². The highest BCUT2D eigenvalue weighted by atomic mass is 35.5. The number of aliphatic hydroxyl groups excluding tert-OH is 1. The molecule has 3 amide bonds. The van der Waals surface area contributed by atoms with Gasteiger partial charge < -0.3 is 29.7 Å². The van der Waals surface area contributed by atoms with Crippen LogP contribution in [0, 0.1) is 11.8 Å². The number of carbonyl (C=O) groups is 4. The second-order valence-electron chi connectivity index (χ2n) is 13.5. The molecule has 3 fully saturated rings. The van der Waals surface area contributed by atoms with Gasteiger partial charge in [-0.25, -0.2) is 0 Å². The lowest BCUT2D eigenvalue weighted by Gasteiger charge is -2.39. The van der Waals surface area contributed by atoms with Gasteiger partial charge in [-0.05, 0) is 48.9 Å². The molecule has 3 aliphatic rings. The monoisotopic (exact) mass is 725 g/mol. The van der Waals surface area contributed by atoms with E-state index in [0.717, 1.165) is 11.1 Å². The van der Waals surface area contributed by atoms with Gasteiger partial charge in [-0.3, -0.25) is 19.2 Å². The first-order chi connectivity index (χ1) is 25.2. The number of fused-ring (bicyclic) bond motifs is 1. The molecule has 3 aromatic rings. The molecule has 11 heteroatoms. The van der Waals surface area contributed by atoms with E-state index in [1.54, 1.807) is 36.4 Å². The number of allylic oxidation sites excluding steroid dienone is 1. The summed E-state index contributed by atoms with van der Waals surface area (Å²) in [4.78, 5) is 59.8. The molecule has 1 spiro atoms. The molecule has 2 bridgehead atoms. The summed E-state index contributed by atoms with van der Waals surface area (Å²) in [5, 5.41) is 14.3. The SMILES string of the molecule is C=CCCC(=O)OC[C@@H](NC(=O)[C@@H]1[C@H]2C(=O)N([C@@H](CO)Cc3ccccc3)[C@H](C(=O)N(CC=C)c3ccccc3Cl)[C@]23CC[C@H]1O3)c1ccccc1. The number of likely N-dealkylation sites (tertiary alicyclic amines) is 1. The number of nitrogens with zero attached hydrogens (tertiary/aromatic N) is 2. The lowest BCUT2D eigenvalue weighted by Crippen LogP contribution is -2.59. The second kappa shape index (κ2) is 16.3. The van der Waals surface area contributed by atoms with Gasteiger partial charge in [0.25, 0.3) is 5.91 Å². The van der Waals surface area contributed by atoms with E-state index in [4.69, 9.17) is 21.1 Å². The quantitative estimate of drug-likeness (QED) is 0.154. The Morgan fingerprint density at radius 1 is 1.04 bits per heavy atom. The van der Waals surface area contributed by atoms with Crippen LogP contribution in [0.25, 0.3) is 0 Å². The maximum absolute atomic E-state index is 15.0. The number of hydrogen-bond donors (Lipinski definition) is 2. The normalized spacial score (nSPS) is 24.1. The number of nitrogens with one attached hydrogen (secondary N) is 1. The van der Waals surface area contributed by atoms with E-state index in [1.165, 1.54) is 9.80 Å². The van der Waals surface area contributed by atoms with Crippen molar-refractivity contribution in [3.63, 3.8) is 0 Å². The Morgan fingerprint density at radius 2 is 1.73 bits per heavy atom. The zero-order valence-corrected chi connectivity index (χ0v) is 29.7. The molecule has 0 saturated carbocycles. The Bertz CT molecular complexity index is 1790. The van der Waals surface area contributed by atoms with Crippen molar-refractivity contribution in [2.24, 2.45) is 11.8 Å². The molecule has 7 atom stereocenters. The lowest BCUT2D eigenvalue weighted by atomic mass is 9.70. The zero-order chi connectivity index (χ0) is 36.8. The lowest BCUT2D eigenvalue weighted by molar-refractivity contribution is -0.146. The minimum Gasteiger partial charge on any atom is -0.463 e. The summed E-state index contributed by atoms with van der Waals surface area (Å²) in [5.74, 6) is -3.67. The Hall–Kier alpha value is -4.77. The Balaban J connectivity index is 1.36. The van der Waals surface area contributed by atoms with Crippen LogP contribution in [-0.4, -0.2) is 77.2 Å². The number of ether oxygens (including phenoxy) is 2. The van der Waals surface area contributed by atoms with Gasteiger partial charge in [0.15, 0.2) is 0 Å². The summed E-state index contributed by atoms with van der Waals surface area (Å²) >= 11 is 6.62. The third-order valence-corrected chi connectivity index (χ3v) is 10.7. The van der Waals surface area contributed by atoms with Crippen LogP contribution < -0.4 is 10.2 Å². The number of benzene rings is 3. The van der Waals surface area contributed by atoms with Crippen molar-refractivity contribution < 1.29 is 33.8 Å². The number of rotatable bonds is 16. The Labute approximate surface area is 309 Å². The standard InChI is InChI=1S/C41H44ClN3O7/c1-3-5-20-34(47)51-26-31(28-16-10-7-11-17-28)43-38(48)35-33-21-22-41(52-33)36(35)39(49)45(29(25-46)24-27-14-8-6-9-15-27)37(41)40(50)44(23-4-2)32-19-13-12-18-30(32)42/h3-4,6-19,29,31,33,35-37,46H,1-2,5,20-26H2,(H,43,48)/t29-,31-,33-,35+,36+,37-,41+/m1/s1. The molecule has 6 rings (SSSR count). The first-order valence-corrected chi connectivity index (χ1v) is 18.0. The number of carbonyl (C=O) groups excluding carboxylic acids is 4. The summed E-state index contributed by atoms with van der Waals surface area (Å²) in [6, 6.07) is 22.9. The molecule has 0 aliphatic carbocycles. The van der Waals surface area contributed by atoms with E-state index in [2.05, 4.69) is 18.5 Å². The minimum atomic E-state index is -1.34. The van der Waals surface area contributed by atoms with Crippen molar-refractivity contribution in [1.29, 1.82) is 0 Å². The first-order valence-electron chi connectivity index (χ1n) is 17.7. The number of amides is 3. The van der Waals surface area contributed by atoms with Crippen LogP contribution in [0.2, 0.25) is 5.02 Å². The average molecular weight is 726 g/mol. The van der Waals surface area contributed by atoms with Gasteiger partial charge in [0.1, 0.15) is 18.2 Å². The smallest absolute Gasteiger partial charge is 0.306 e. The van der Waals surface area contributed by atoms with Crippen LogP contribution in [0.5, 0.6) is 0 Å². The summed E-state index contributed by atoms with van der Waals surface area (Å²) < 4.78 is 12.3. The van der Waals surface area contributed by atoms with Gasteiger partial charge in [-0.15, -0.1) is 13.2 Å². The zero-order valence-electron chi connectivity index (χ0n) is 28.9. The van der Waals surface area contributed by atoms with E-state index in [1.807, 2.05) is 60.7 Å². The number of anilines is 1. The van der Waals surface area contributed by atoms with E-state index in [9.17, 15) is 19.5 Å². The largest absolute Gasteiger partial charge is 0.463 e. The summed E-state index contributed by atoms with van der Waals surface area (Å²) in [6.07, 6.45) is 4.29. The van der Waals surface area contributed by atoms with Gasteiger partial charge in [-0.2, -0.15) is 0 Å². The van der Waals surface area contributed by atoms with Gasteiger partial charge in [0.2, 0.25) is 11.8 Å². The average Bonchev–Trinajstić information content (AvgIpc) is 3.82. The first kappa shape index (κ1) is 37.0. The van der Waals surface area contributed by atoms with E-state index >= 15 is 4.79 Å². The molecule has 0 aromatic heterocycles.